The first-order valence-electron chi connectivity index (χ1n) is 7.37. The van der Waals surface area contributed by atoms with Gasteiger partial charge in [0.1, 0.15) is 0 Å². The zero-order valence-electron chi connectivity index (χ0n) is 12.3. The highest BCUT2D eigenvalue weighted by molar-refractivity contribution is 5.58. The number of anilines is 2. The number of rotatable bonds is 2. The molecule has 1 aliphatic rings. The first-order valence-corrected chi connectivity index (χ1v) is 7.37. The Morgan fingerprint density at radius 3 is 1.60 bits per heavy atom. The van der Waals surface area contributed by atoms with Crippen LogP contribution in [0.15, 0.2) is 48.5 Å². The van der Waals surface area contributed by atoms with Gasteiger partial charge < -0.3 is 9.80 Å². The average Bonchev–Trinajstić information content (AvgIpc) is 2.48. The Kier molecular flexibility index (Phi) is 3.64. The van der Waals surface area contributed by atoms with E-state index in [0.29, 0.717) is 0 Å². The number of nitrogens with zero attached hydrogens (tertiary/aromatic N) is 2. The molecule has 2 nitrogen and oxygen atoms in total. The second kappa shape index (κ2) is 5.58. The lowest BCUT2D eigenvalue weighted by molar-refractivity contribution is 0.613. The summed E-state index contributed by atoms with van der Waals surface area (Å²) in [5.41, 5.74) is 5.45. The molecule has 2 heteroatoms. The van der Waals surface area contributed by atoms with Crippen molar-refractivity contribution >= 4 is 11.4 Å². The van der Waals surface area contributed by atoms with E-state index >= 15 is 0 Å². The Balaban J connectivity index is 1.84. The minimum Gasteiger partial charge on any atom is -0.354 e. The number of benzene rings is 2. The van der Waals surface area contributed by atoms with Crippen molar-refractivity contribution < 1.29 is 0 Å². The van der Waals surface area contributed by atoms with Crippen LogP contribution in [-0.2, 0) is 0 Å². The van der Waals surface area contributed by atoms with Crippen LogP contribution in [0.25, 0.3) is 0 Å². The van der Waals surface area contributed by atoms with Gasteiger partial charge in [0.25, 0.3) is 0 Å². The van der Waals surface area contributed by atoms with Crippen LogP contribution in [0.5, 0.6) is 0 Å². The zero-order valence-corrected chi connectivity index (χ0v) is 12.3. The van der Waals surface area contributed by atoms with Crippen molar-refractivity contribution in [3.63, 3.8) is 0 Å². The first kappa shape index (κ1) is 13.0. The molecule has 0 radical (unpaired) electrons. The summed E-state index contributed by atoms with van der Waals surface area (Å²) in [5.74, 6) is 0. The van der Waals surface area contributed by atoms with Gasteiger partial charge >= 0.3 is 0 Å². The largest absolute Gasteiger partial charge is 0.354 e. The monoisotopic (exact) mass is 266 g/mol. The van der Waals surface area contributed by atoms with Gasteiger partial charge in [0.15, 0.2) is 0 Å². The van der Waals surface area contributed by atoms with Crippen LogP contribution in [-0.4, -0.2) is 19.8 Å². The molecule has 1 fully saturated rings. The number of hydrogen-bond acceptors (Lipinski definition) is 2. The third kappa shape index (κ3) is 2.51. The Morgan fingerprint density at radius 1 is 0.700 bits per heavy atom. The molecule has 2 aromatic carbocycles. The number of para-hydroxylation sites is 2. The number of hydrogen-bond donors (Lipinski definition) is 0. The molecule has 2 aromatic rings. The van der Waals surface area contributed by atoms with Crippen molar-refractivity contribution in [3.8, 4) is 0 Å². The summed E-state index contributed by atoms with van der Waals surface area (Å²) in [7, 11) is 0. The molecule has 0 spiro atoms. The van der Waals surface area contributed by atoms with E-state index in [1.165, 1.54) is 28.9 Å². The van der Waals surface area contributed by atoms with E-state index in [-0.39, 0.29) is 0 Å². The predicted octanol–water partition coefficient (Wildman–Crippen LogP) is 3.98. The molecule has 0 amide bonds. The van der Waals surface area contributed by atoms with E-state index in [9.17, 15) is 0 Å². The van der Waals surface area contributed by atoms with Crippen molar-refractivity contribution in [1.29, 1.82) is 0 Å². The highest BCUT2D eigenvalue weighted by Crippen LogP contribution is 2.26. The maximum absolute atomic E-state index is 2.49. The fourth-order valence-electron chi connectivity index (χ4n) is 3.03. The molecule has 0 unspecified atom stereocenters. The summed E-state index contributed by atoms with van der Waals surface area (Å²) in [4.78, 5) is 4.98. The molecule has 0 saturated carbocycles. The third-order valence-corrected chi connectivity index (χ3v) is 4.11. The lowest BCUT2D eigenvalue weighted by Crippen LogP contribution is -2.45. The Bertz CT molecular complexity index is 540. The molecule has 20 heavy (non-hydrogen) atoms. The van der Waals surface area contributed by atoms with Crippen molar-refractivity contribution in [2.45, 2.75) is 20.3 Å². The summed E-state index contributed by atoms with van der Waals surface area (Å²) in [6.07, 6.45) is 1.21. The van der Waals surface area contributed by atoms with Gasteiger partial charge in [-0.3, -0.25) is 0 Å². The molecule has 1 saturated heterocycles. The van der Waals surface area contributed by atoms with Gasteiger partial charge in [-0.05, 0) is 43.5 Å². The molecule has 0 aliphatic carbocycles. The summed E-state index contributed by atoms with van der Waals surface area (Å²) < 4.78 is 0. The van der Waals surface area contributed by atoms with Crippen LogP contribution in [0.4, 0.5) is 11.4 Å². The van der Waals surface area contributed by atoms with E-state index < -0.39 is 0 Å². The van der Waals surface area contributed by atoms with Crippen LogP contribution in [0.2, 0.25) is 0 Å². The SMILES string of the molecule is Cc1ccccc1N1CCCN(c2ccccc2C)C1. The maximum Gasteiger partial charge on any atom is 0.0902 e. The van der Waals surface area contributed by atoms with E-state index in [4.69, 9.17) is 0 Å². The van der Waals surface area contributed by atoms with E-state index in [0.717, 1.165) is 19.8 Å². The Labute approximate surface area is 121 Å². The fourth-order valence-corrected chi connectivity index (χ4v) is 3.03. The standard InChI is InChI=1S/C18H22N2/c1-15-8-3-5-10-17(15)19-12-7-13-20(14-19)18-11-6-4-9-16(18)2/h3-6,8-11H,7,12-14H2,1-2H3. The van der Waals surface area contributed by atoms with Crippen LogP contribution < -0.4 is 9.80 Å². The predicted molar refractivity (Wildman–Crippen MR) is 86.5 cm³/mol. The summed E-state index contributed by atoms with van der Waals surface area (Å²) in [5, 5.41) is 0. The second-order valence-corrected chi connectivity index (χ2v) is 5.59. The molecule has 1 heterocycles. The van der Waals surface area contributed by atoms with Crippen LogP contribution >= 0.6 is 0 Å². The molecular formula is C18H22N2. The lowest BCUT2D eigenvalue weighted by atomic mass is 10.1. The van der Waals surface area contributed by atoms with Gasteiger partial charge in [-0.15, -0.1) is 0 Å². The molecule has 3 rings (SSSR count). The molecule has 104 valence electrons. The van der Waals surface area contributed by atoms with Crippen molar-refractivity contribution in [1.82, 2.24) is 0 Å². The zero-order chi connectivity index (χ0) is 13.9. The molecular weight excluding hydrogens is 244 g/mol. The second-order valence-electron chi connectivity index (χ2n) is 5.59. The third-order valence-electron chi connectivity index (χ3n) is 4.11. The molecule has 0 atom stereocenters. The van der Waals surface area contributed by atoms with Crippen LogP contribution in [0, 0.1) is 13.8 Å². The van der Waals surface area contributed by atoms with E-state index in [1.807, 2.05) is 0 Å². The summed E-state index contributed by atoms with van der Waals surface area (Å²) in [6.45, 7) is 7.67. The first-order chi connectivity index (χ1) is 9.75. The average molecular weight is 266 g/mol. The quantitative estimate of drug-likeness (QED) is 0.811. The topological polar surface area (TPSA) is 6.48 Å². The van der Waals surface area contributed by atoms with Crippen molar-refractivity contribution in [2.24, 2.45) is 0 Å². The van der Waals surface area contributed by atoms with Crippen LogP contribution in [0.1, 0.15) is 17.5 Å². The summed E-state index contributed by atoms with van der Waals surface area (Å²) in [6, 6.07) is 17.4. The van der Waals surface area contributed by atoms with Gasteiger partial charge in [-0.2, -0.15) is 0 Å². The van der Waals surface area contributed by atoms with Gasteiger partial charge in [-0.25, -0.2) is 0 Å². The molecule has 0 N–H and O–H groups in total. The van der Waals surface area contributed by atoms with Gasteiger partial charge in [0.2, 0.25) is 0 Å². The van der Waals surface area contributed by atoms with E-state index in [2.05, 4.69) is 72.2 Å². The fraction of sp³-hybridized carbons (Fsp3) is 0.333. The van der Waals surface area contributed by atoms with Gasteiger partial charge in [0.05, 0.1) is 6.67 Å². The normalized spacial score (nSPS) is 15.5. The minimum absolute atomic E-state index is 0.982. The van der Waals surface area contributed by atoms with Gasteiger partial charge in [-0.1, -0.05) is 36.4 Å². The summed E-state index contributed by atoms with van der Waals surface area (Å²) >= 11 is 0. The molecule has 1 aliphatic heterocycles. The van der Waals surface area contributed by atoms with Gasteiger partial charge in [0, 0.05) is 24.5 Å². The van der Waals surface area contributed by atoms with E-state index in [1.54, 1.807) is 0 Å². The highest BCUT2D eigenvalue weighted by atomic mass is 15.3. The lowest BCUT2D eigenvalue weighted by Gasteiger charge is -2.39. The minimum atomic E-state index is 0.982. The smallest absolute Gasteiger partial charge is 0.0902 e. The van der Waals surface area contributed by atoms with Crippen LogP contribution in [0.3, 0.4) is 0 Å². The number of aryl methyl sites for hydroxylation is 2. The highest BCUT2D eigenvalue weighted by Gasteiger charge is 2.19. The Morgan fingerprint density at radius 2 is 1.15 bits per heavy atom. The molecule has 0 bridgehead atoms. The van der Waals surface area contributed by atoms with Crippen molar-refractivity contribution in [3.05, 3.63) is 59.7 Å². The van der Waals surface area contributed by atoms with Crippen molar-refractivity contribution in [2.75, 3.05) is 29.6 Å². The maximum atomic E-state index is 2.49. The Hall–Kier alpha value is -1.96. The molecule has 0 aromatic heterocycles.